The maximum atomic E-state index is 12.2. The zero-order valence-corrected chi connectivity index (χ0v) is 19.6. The first-order valence-corrected chi connectivity index (χ1v) is 13.7. The largest absolute Gasteiger partial charge is 0.410 e. The smallest absolute Gasteiger partial charge is 0.227 e. The SMILES string of the molecule is CCCCC[C@H](O[Si](C)(C)C(C)(C)C)c1ccc(N2C(=O)CC[C@@H]2CO)cc1. The predicted molar refractivity (Wildman–Crippen MR) is 119 cm³/mol. The van der Waals surface area contributed by atoms with Crippen LogP contribution in [0.1, 0.15) is 77.9 Å². The normalized spacial score (nSPS) is 19.3. The van der Waals surface area contributed by atoms with Crippen LogP contribution in [0.25, 0.3) is 0 Å². The van der Waals surface area contributed by atoms with Crippen molar-refractivity contribution in [2.24, 2.45) is 0 Å². The second-order valence-corrected chi connectivity index (χ2v) is 14.3. The molecule has 1 aliphatic rings. The number of hydrogen-bond donors (Lipinski definition) is 1. The molecule has 5 heteroatoms. The molecular formula is C23H39NO3Si. The Morgan fingerprint density at radius 1 is 1.21 bits per heavy atom. The van der Waals surface area contributed by atoms with Gasteiger partial charge in [0.05, 0.1) is 18.8 Å². The van der Waals surface area contributed by atoms with Crippen LogP contribution in [0.15, 0.2) is 24.3 Å². The molecule has 1 aromatic carbocycles. The van der Waals surface area contributed by atoms with Crippen LogP contribution in [0.5, 0.6) is 0 Å². The number of unbranched alkanes of at least 4 members (excludes halogenated alkanes) is 2. The summed E-state index contributed by atoms with van der Waals surface area (Å²) in [6.07, 6.45) is 5.95. The van der Waals surface area contributed by atoms with Crippen LogP contribution >= 0.6 is 0 Å². The van der Waals surface area contributed by atoms with Gasteiger partial charge in [0.15, 0.2) is 8.32 Å². The van der Waals surface area contributed by atoms with Crippen molar-refractivity contribution in [2.75, 3.05) is 11.5 Å². The van der Waals surface area contributed by atoms with Crippen molar-refractivity contribution < 1.29 is 14.3 Å². The maximum Gasteiger partial charge on any atom is 0.227 e. The van der Waals surface area contributed by atoms with Gasteiger partial charge in [-0.15, -0.1) is 0 Å². The second kappa shape index (κ2) is 9.55. The zero-order chi connectivity index (χ0) is 20.9. The molecule has 1 aliphatic heterocycles. The molecule has 28 heavy (non-hydrogen) atoms. The van der Waals surface area contributed by atoms with E-state index in [1.807, 2.05) is 12.1 Å². The number of hydrogen-bond acceptors (Lipinski definition) is 3. The Morgan fingerprint density at radius 3 is 2.39 bits per heavy atom. The molecule has 158 valence electrons. The average molecular weight is 406 g/mol. The van der Waals surface area contributed by atoms with E-state index in [0.29, 0.717) is 6.42 Å². The molecule has 1 heterocycles. The minimum absolute atomic E-state index is 0.0155. The van der Waals surface area contributed by atoms with Crippen molar-refractivity contribution in [3.05, 3.63) is 29.8 Å². The molecular weight excluding hydrogens is 366 g/mol. The molecule has 0 aromatic heterocycles. The summed E-state index contributed by atoms with van der Waals surface area (Å²) in [5.41, 5.74) is 2.07. The lowest BCUT2D eigenvalue weighted by Gasteiger charge is -2.39. The highest BCUT2D eigenvalue weighted by atomic mass is 28.4. The fourth-order valence-electron chi connectivity index (χ4n) is 3.53. The summed E-state index contributed by atoms with van der Waals surface area (Å²) in [7, 11) is -1.88. The molecule has 1 saturated heterocycles. The summed E-state index contributed by atoms with van der Waals surface area (Å²) in [5, 5.41) is 9.75. The van der Waals surface area contributed by atoms with Gasteiger partial charge in [-0.3, -0.25) is 4.79 Å². The molecule has 0 radical (unpaired) electrons. The van der Waals surface area contributed by atoms with Gasteiger partial charge in [0.2, 0.25) is 5.91 Å². The van der Waals surface area contributed by atoms with Crippen molar-refractivity contribution in [1.82, 2.24) is 0 Å². The van der Waals surface area contributed by atoms with Crippen molar-refractivity contribution in [3.63, 3.8) is 0 Å². The van der Waals surface area contributed by atoms with Gasteiger partial charge >= 0.3 is 0 Å². The van der Waals surface area contributed by atoms with E-state index in [1.54, 1.807) is 4.90 Å². The molecule has 0 spiro atoms. The van der Waals surface area contributed by atoms with Crippen LogP contribution in [0.3, 0.4) is 0 Å². The summed E-state index contributed by atoms with van der Waals surface area (Å²) in [6.45, 7) is 13.7. The minimum Gasteiger partial charge on any atom is -0.410 e. The highest BCUT2D eigenvalue weighted by Gasteiger charge is 2.39. The quantitative estimate of drug-likeness (QED) is 0.416. The lowest BCUT2D eigenvalue weighted by Crippen LogP contribution is -2.41. The van der Waals surface area contributed by atoms with Gasteiger partial charge in [0, 0.05) is 12.1 Å². The number of carbonyl (C=O) groups excluding carboxylic acids is 1. The minimum atomic E-state index is -1.88. The average Bonchev–Trinajstić information content (AvgIpc) is 3.01. The molecule has 0 aliphatic carbocycles. The number of aliphatic hydroxyl groups is 1. The van der Waals surface area contributed by atoms with E-state index in [1.165, 1.54) is 18.4 Å². The van der Waals surface area contributed by atoms with Crippen LogP contribution in [-0.2, 0) is 9.22 Å². The fraction of sp³-hybridized carbons (Fsp3) is 0.696. The molecule has 4 nitrogen and oxygen atoms in total. The third-order valence-electron chi connectivity index (χ3n) is 6.39. The van der Waals surface area contributed by atoms with Crippen molar-refractivity contribution in [2.45, 2.75) is 96.5 Å². The van der Waals surface area contributed by atoms with Gasteiger partial charge in [0.1, 0.15) is 0 Å². The van der Waals surface area contributed by atoms with Gasteiger partial charge in [0.25, 0.3) is 0 Å². The lowest BCUT2D eigenvalue weighted by molar-refractivity contribution is -0.117. The molecule has 2 rings (SSSR count). The number of aliphatic hydroxyl groups excluding tert-OH is 1. The Morgan fingerprint density at radius 2 is 1.86 bits per heavy atom. The summed E-state index contributed by atoms with van der Waals surface area (Å²) < 4.78 is 6.78. The number of rotatable bonds is 9. The van der Waals surface area contributed by atoms with Crippen LogP contribution in [0.4, 0.5) is 5.69 Å². The summed E-state index contributed by atoms with van der Waals surface area (Å²) >= 11 is 0. The highest BCUT2D eigenvalue weighted by Crippen LogP contribution is 2.41. The van der Waals surface area contributed by atoms with E-state index in [9.17, 15) is 9.90 Å². The van der Waals surface area contributed by atoms with E-state index in [-0.39, 0.29) is 29.7 Å². The first kappa shape index (κ1) is 23.1. The molecule has 1 aromatic rings. The second-order valence-electron chi connectivity index (χ2n) is 9.59. The first-order valence-electron chi connectivity index (χ1n) is 10.8. The van der Waals surface area contributed by atoms with Crippen LogP contribution in [-0.4, -0.2) is 32.0 Å². The van der Waals surface area contributed by atoms with E-state index in [4.69, 9.17) is 4.43 Å². The van der Waals surface area contributed by atoms with Crippen molar-refractivity contribution in [1.29, 1.82) is 0 Å². The van der Waals surface area contributed by atoms with Crippen molar-refractivity contribution >= 4 is 19.9 Å². The zero-order valence-electron chi connectivity index (χ0n) is 18.6. The fourth-order valence-corrected chi connectivity index (χ4v) is 4.85. The summed E-state index contributed by atoms with van der Waals surface area (Å²) in [6, 6.07) is 8.16. The molecule has 1 fully saturated rings. The number of benzene rings is 1. The van der Waals surface area contributed by atoms with E-state index >= 15 is 0 Å². The Labute approximate surface area is 172 Å². The number of nitrogens with zero attached hydrogens (tertiary/aromatic N) is 1. The third kappa shape index (κ3) is 5.46. The van der Waals surface area contributed by atoms with Gasteiger partial charge < -0.3 is 14.4 Å². The highest BCUT2D eigenvalue weighted by molar-refractivity contribution is 6.74. The molecule has 0 unspecified atom stereocenters. The summed E-state index contributed by atoms with van der Waals surface area (Å²) in [5.74, 6) is 0.101. The van der Waals surface area contributed by atoms with Gasteiger partial charge in [-0.05, 0) is 48.7 Å². The van der Waals surface area contributed by atoms with Gasteiger partial charge in [-0.2, -0.15) is 0 Å². The molecule has 2 atom stereocenters. The standard InChI is InChI=1S/C23H39NO3Si/c1-7-8-9-10-21(27-28(5,6)23(2,3)4)18-11-13-19(14-12-18)24-20(17-25)15-16-22(24)26/h11-14,20-21,25H,7-10,15-17H2,1-6H3/t20-,21+/m1/s1. The van der Waals surface area contributed by atoms with Crippen LogP contribution in [0.2, 0.25) is 18.1 Å². The number of carbonyl (C=O) groups is 1. The Bertz CT molecular complexity index is 636. The first-order chi connectivity index (χ1) is 13.1. The predicted octanol–water partition coefficient (Wildman–Crippen LogP) is 5.82. The van der Waals surface area contributed by atoms with Gasteiger partial charge in [-0.25, -0.2) is 0 Å². The molecule has 0 bridgehead atoms. The number of anilines is 1. The maximum absolute atomic E-state index is 12.2. The third-order valence-corrected chi connectivity index (χ3v) is 10.9. The Hall–Kier alpha value is -1.17. The van der Waals surface area contributed by atoms with E-state index < -0.39 is 8.32 Å². The van der Waals surface area contributed by atoms with Crippen LogP contribution in [0, 0.1) is 0 Å². The van der Waals surface area contributed by atoms with E-state index in [2.05, 4.69) is 52.9 Å². The number of amides is 1. The van der Waals surface area contributed by atoms with E-state index in [0.717, 1.165) is 24.9 Å². The Balaban J connectivity index is 2.22. The summed E-state index contributed by atoms with van der Waals surface area (Å²) in [4.78, 5) is 14.0. The monoisotopic (exact) mass is 405 g/mol. The van der Waals surface area contributed by atoms with Crippen molar-refractivity contribution in [3.8, 4) is 0 Å². The van der Waals surface area contributed by atoms with Crippen LogP contribution < -0.4 is 4.90 Å². The lowest BCUT2D eigenvalue weighted by atomic mass is 10.0. The topological polar surface area (TPSA) is 49.8 Å². The molecule has 1 amide bonds. The Kier molecular flexibility index (Phi) is 7.88. The molecule has 1 N–H and O–H groups in total. The molecule has 0 saturated carbocycles. The van der Waals surface area contributed by atoms with Gasteiger partial charge in [-0.1, -0.05) is 59.1 Å².